The Morgan fingerprint density at radius 1 is 1.16 bits per heavy atom. The third kappa shape index (κ3) is 3.88. The van der Waals surface area contributed by atoms with Gasteiger partial charge in [-0.25, -0.2) is 0 Å². The Hall–Kier alpha value is -1.20. The predicted molar refractivity (Wildman–Crippen MR) is 80.5 cm³/mol. The Kier molecular flexibility index (Phi) is 4.71. The summed E-state index contributed by atoms with van der Waals surface area (Å²) in [6, 6.07) is 8.98. The molecule has 0 aliphatic rings. The van der Waals surface area contributed by atoms with Gasteiger partial charge in [0.25, 0.3) is 0 Å². The number of halogens is 2. The number of ether oxygens (including phenoxy) is 1. The van der Waals surface area contributed by atoms with Gasteiger partial charge in [-0.05, 0) is 41.1 Å². The molecule has 2 aromatic rings. The minimum absolute atomic E-state index is 0.0625. The molecule has 19 heavy (non-hydrogen) atoms. The Balaban J connectivity index is 2.09. The summed E-state index contributed by atoms with van der Waals surface area (Å²) in [4.78, 5) is 16.2. The lowest BCUT2D eigenvalue weighted by Gasteiger charge is -2.13. The Morgan fingerprint density at radius 2 is 1.84 bits per heavy atom. The van der Waals surface area contributed by atoms with Gasteiger partial charge in [-0.15, -0.1) is 0 Å². The van der Waals surface area contributed by atoms with Crippen molar-refractivity contribution < 1.29 is 9.53 Å². The van der Waals surface area contributed by atoms with Gasteiger partial charge in [-0.2, -0.15) is 0 Å². The highest BCUT2D eigenvalue weighted by Gasteiger charge is 2.17. The molecule has 0 saturated carbocycles. The van der Waals surface area contributed by atoms with E-state index in [2.05, 4.69) is 36.8 Å². The zero-order valence-corrected chi connectivity index (χ0v) is 13.3. The minimum atomic E-state index is -0.558. The van der Waals surface area contributed by atoms with E-state index in [4.69, 9.17) is 4.74 Å². The molecule has 0 aliphatic heterocycles. The summed E-state index contributed by atoms with van der Waals surface area (Å²) in [7, 11) is 0. The van der Waals surface area contributed by atoms with Crippen molar-refractivity contribution in [3.63, 3.8) is 0 Å². The van der Waals surface area contributed by atoms with Crippen LogP contribution in [0.3, 0.4) is 0 Å². The fraction of sp³-hybridized carbons (Fsp3) is 0.143. The molecule has 0 bridgehead atoms. The van der Waals surface area contributed by atoms with E-state index in [9.17, 15) is 4.79 Å². The molecule has 0 fully saturated rings. The second kappa shape index (κ2) is 6.30. The highest BCUT2D eigenvalue weighted by molar-refractivity contribution is 9.10. The SMILES string of the molecule is CC(Oc1cncc(Br)c1)C(=O)c1ccc(Br)cc1. The first-order valence-corrected chi connectivity index (χ1v) is 7.22. The van der Waals surface area contributed by atoms with E-state index in [1.807, 2.05) is 12.1 Å². The fourth-order valence-corrected chi connectivity index (χ4v) is 2.17. The first-order valence-electron chi connectivity index (χ1n) is 5.63. The first-order chi connectivity index (χ1) is 9.06. The third-order valence-electron chi connectivity index (χ3n) is 2.49. The maximum Gasteiger partial charge on any atom is 0.202 e. The van der Waals surface area contributed by atoms with Crippen LogP contribution in [-0.4, -0.2) is 16.9 Å². The van der Waals surface area contributed by atoms with Crippen molar-refractivity contribution in [1.29, 1.82) is 0 Å². The van der Waals surface area contributed by atoms with Crippen molar-refractivity contribution in [2.75, 3.05) is 0 Å². The van der Waals surface area contributed by atoms with Crippen LogP contribution in [0, 0.1) is 0 Å². The standard InChI is InChI=1S/C14H11Br2NO2/c1-9(19-13-6-12(16)7-17-8-13)14(18)10-2-4-11(15)5-3-10/h2-9H,1H3. The Labute approximate surface area is 128 Å². The number of hydrogen-bond donors (Lipinski definition) is 0. The van der Waals surface area contributed by atoms with Crippen molar-refractivity contribution in [2.24, 2.45) is 0 Å². The Morgan fingerprint density at radius 3 is 2.47 bits per heavy atom. The molecule has 0 N–H and O–H groups in total. The molecule has 5 heteroatoms. The van der Waals surface area contributed by atoms with Crippen LogP contribution in [0.25, 0.3) is 0 Å². The van der Waals surface area contributed by atoms with E-state index in [1.165, 1.54) is 0 Å². The van der Waals surface area contributed by atoms with Crippen LogP contribution in [-0.2, 0) is 0 Å². The monoisotopic (exact) mass is 383 g/mol. The van der Waals surface area contributed by atoms with Gasteiger partial charge in [-0.1, -0.05) is 28.1 Å². The summed E-state index contributed by atoms with van der Waals surface area (Å²) in [5.41, 5.74) is 0.624. The number of carbonyl (C=O) groups excluding carboxylic acids is 1. The van der Waals surface area contributed by atoms with Gasteiger partial charge < -0.3 is 4.74 Å². The zero-order chi connectivity index (χ0) is 13.8. The van der Waals surface area contributed by atoms with Crippen LogP contribution < -0.4 is 4.74 Å². The number of ketones is 1. The summed E-state index contributed by atoms with van der Waals surface area (Å²) in [6.07, 6.45) is 2.68. The average molecular weight is 385 g/mol. The summed E-state index contributed by atoms with van der Waals surface area (Å²) < 4.78 is 7.34. The molecule has 1 aromatic heterocycles. The van der Waals surface area contributed by atoms with E-state index < -0.39 is 6.10 Å². The topological polar surface area (TPSA) is 39.2 Å². The van der Waals surface area contributed by atoms with Crippen molar-refractivity contribution in [3.8, 4) is 5.75 Å². The minimum Gasteiger partial charge on any atom is -0.481 e. The molecular weight excluding hydrogens is 374 g/mol. The molecule has 1 atom stereocenters. The number of carbonyl (C=O) groups is 1. The lowest BCUT2D eigenvalue weighted by atomic mass is 10.1. The Bertz CT molecular complexity index is 584. The highest BCUT2D eigenvalue weighted by Crippen LogP contribution is 2.19. The van der Waals surface area contributed by atoms with E-state index in [-0.39, 0.29) is 5.78 Å². The molecule has 0 spiro atoms. The zero-order valence-electron chi connectivity index (χ0n) is 10.1. The summed E-state index contributed by atoms with van der Waals surface area (Å²) in [5, 5.41) is 0. The number of pyridine rings is 1. The van der Waals surface area contributed by atoms with Crippen LogP contribution in [0.15, 0.2) is 51.7 Å². The van der Waals surface area contributed by atoms with E-state index in [0.29, 0.717) is 11.3 Å². The number of hydrogen-bond acceptors (Lipinski definition) is 3. The van der Waals surface area contributed by atoms with Gasteiger partial charge in [0.2, 0.25) is 5.78 Å². The highest BCUT2D eigenvalue weighted by atomic mass is 79.9. The van der Waals surface area contributed by atoms with Gasteiger partial charge in [0.1, 0.15) is 5.75 Å². The van der Waals surface area contributed by atoms with Gasteiger partial charge in [0, 0.05) is 20.7 Å². The van der Waals surface area contributed by atoms with E-state index in [0.717, 1.165) is 8.95 Å². The lowest BCUT2D eigenvalue weighted by molar-refractivity contribution is 0.0817. The summed E-state index contributed by atoms with van der Waals surface area (Å²) in [6.45, 7) is 1.73. The van der Waals surface area contributed by atoms with Crippen LogP contribution >= 0.6 is 31.9 Å². The molecule has 1 unspecified atom stereocenters. The first kappa shape index (κ1) is 14.2. The molecule has 0 saturated heterocycles. The lowest BCUT2D eigenvalue weighted by Crippen LogP contribution is -2.23. The molecule has 0 aliphatic carbocycles. The number of nitrogens with zero attached hydrogens (tertiary/aromatic N) is 1. The molecule has 1 aromatic carbocycles. The number of rotatable bonds is 4. The van der Waals surface area contributed by atoms with Crippen molar-refractivity contribution >= 4 is 37.6 Å². The van der Waals surface area contributed by atoms with Crippen molar-refractivity contribution in [3.05, 3.63) is 57.2 Å². The van der Waals surface area contributed by atoms with Gasteiger partial charge in [0.05, 0.1) is 6.20 Å². The largest absolute Gasteiger partial charge is 0.481 e. The van der Waals surface area contributed by atoms with Crippen molar-refractivity contribution in [1.82, 2.24) is 4.98 Å². The van der Waals surface area contributed by atoms with Gasteiger partial charge >= 0.3 is 0 Å². The van der Waals surface area contributed by atoms with Gasteiger partial charge in [0.15, 0.2) is 6.10 Å². The maximum atomic E-state index is 12.2. The molecule has 98 valence electrons. The fourth-order valence-electron chi connectivity index (χ4n) is 1.56. The molecule has 0 amide bonds. The van der Waals surface area contributed by atoms with Gasteiger partial charge in [-0.3, -0.25) is 9.78 Å². The molecule has 3 nitrogen and oxygen atoms in total. The van der Waals surface area contributed by atoms with Crippen LogP contribution in [0.1, 0.15) is 17.3 Å². The average Bonchev–Trinajstić information content (AvgIpc) is 2.39. The summed E-state index contributed by atoms with van der Waals surface area (Å²) >= 11 is 6.65. The quantitative estimate of drug-likeness (QED) is 0.739. The number of Topliss-reactive ketones (excluding diaryl/α,β-unsaturated/α-hetero) is 1. The molecule has 1 heterocycles. The second-order valence-corrected chi connectivity index (χ2v) is 5.80. The van der Waals surface area contributed by atoms with Crippen molar-refractivity contribution in [2.45, 2.75) is 13.0 Å². The molecule has 0 radical (unpaired) electrons. The van der Waals surface area contributed by atoms with Crippen LogP contribution in [0.2, 0.25) is 0 Å². The molecular formula is C14H11Br2NO2. The molecule has 2 rings (SSSR count). The predicted octanol–water partition coefficient (Wildman–Crippen LogP) is 4.26. The van der Waals surface area contributed by atoms with Crippen LogP contribution in [0.4, 0.5) is 0 Å². The number of aromatic nitrogens is 1. The second-order valence-electron chi connectivity index (χ2n) is 3.97. The van der Waals surface area contributed by atoms with E-state index in [1.54, 1.807) is 37.5 Å². The third-order valence-corrected chi connectivity index (χ3v) is 3.45. The maximum absolute atomic E-state index is 12.2. The normalized spacial score (nSPS) is 11.9. The smallest absolute Gasteiger partial charge is 0.202 e. The van der Waals surface area contributed by atoms with Crippen LogP contribution in [0.5, 0.6) is 5.75 Å². The number of benzene rings is 1. The summed E-state index contributed by atoms with van der Waals surface area (Å²) in [5.74, 6) is 0.500. The van der Waals surface area contributed by atoms with E-state index >= 15 is 0 Å².